The Labute approximate surface area is 312 Å². The third-order valence-electron chi connectivity index (χ3n) is 9.87. The average Bonchev–Trinajstić information content (AvgIpc) is 3.24. The van der Waals surface area contributed by atoms with Crippen molar-refractivity contribution >= 4 is 26.9 Å². The van der Waals surface area contributed by atoms with Gasteiger partial charge >= 0.3 is 0 Å². The molecule has 53 heavy (non-hydrogen) atoms. The van der Waals surface area contributed by atoms with Gasteiger partial charge in [-0.3, -0.25) is 0 Å². The fraction of sp³-hybridized carbons (Fsp3) is 0.0204. The van der Waals surface area contributed by atoms with Crippen molar-refractivity contribution in [1.82, 2.24) is 0 Å². The van der Waals surface area contributed by atoms with E-state index < -0.39 is 15.3 Å². The second-order valence-corrected chi connectivity index (χ2v) is 14.9. The van der Waals surface area contributed by atoms with E-state index in [1.54, 1.807) is 36.4 Å². The lowest BCUT2D eigenvalue weighted by molar-refractivity contribution is 0.596. The van der Waals surface area contributed by atoms with Crippen molar-refractivity contribution < 1.29 is 8.42 Å². The third-order valence-corrected chi connectivity index (χ3v) is 11.7. The summed E-state index contributed by atoms with van der Waals surface area (Å²) < 4.78 is 26.5. The van der Waals surface area contributed by atoms with Crippen LogP contribution in [0.4, 0.5) is 17.1 Å². The van der Waals surface area contributed by atoms with E-state index in [-0.39, 0.29) is 9.79 Å². The standard InChI is InChI=1S/C49H37NO2S/c51-53(52,47-24-14-5-15-25-47)48-36-28-39(29-37-48)38-26-30-42(31-27-38)49(40-16-6-1-7-17-40,41-18-8-2-9-19-41)43-32-34-46(35-33-43)50(44-20-10-3-11-21-44)45-22-12-4-13-23-45/h1-37H. The molecule has 0 heterocycles. The van der Waals surface area contributed by atoms with Gasteiger partial charge in [-0.15, -0.1) is 0 Å². The van der Waals surface area contributed by atoms with Gasteiger partial charge in [-0.05, 0) is 94.0 Å². The Kier molecular flexibility index (Phi) is 9.29. The fourth-order valence-corrected chi connectivity index (χ4v) is 8.60. The average molecular weight is 704 g/mol. The summed E-state index contributed by atoms with van der Waals surface area (Å²) in [6.45, 7) is 0. The molecule has 0 aliphatic carbocycles. The molecule has 8 rings (SSSR count). The highest BCUT2D eigenvalue weighted by Crippen LogP contribution is 2.46. The Morgan fingerprint density at radius 3 is 1.04 bits per heavy atom. The lowest BCUT2D eigenvalue weighted by atomic mass is 9.65. The summed E-state index contributed by atoms with van der Waals surface area (Å²) in [5, 5.41) is 0. The van der Waals surface area contributed by atoms with Crippen LogP contribution in [-0.2, 0) is 15.3 Å². The molecule has 8 aromatic carbocycles. The molecule has 0 bridgehead atoms. The molecular weight excluding hydrogens is 667 g/mol. The lowest BCUT2D eigenvalue weighted by Gasteiger charge is -2.37. The molecule has 0 saturated carbocycles. The van der Waals surface area contributed by atoms with Gasteiger partial charge in [0.15, 0.2) is 0 Å². The maximum atomic E-state index is 13.2. The van der Waals surface area contributed by atoms with Crippen molar-refractivity contribution in [3.05, 3.63) is 247 Å². The number of para-hydroxylation sites is 2. The molecule has 0 unspecified atom stereocenters. The maximum absolute atomic E-state index is 13.2. The van der Waals surface area contributed by atoms with Gasteiger partial charge in [0.2, 0.25) is 9.84 Å². The maximum Gasteiger partial charge on any atom is 0.206 e. The van der Waals surface area contributed by atoms with Crippen molar-refractivity contribution in [3.63, 3.8) is 0 Å². The second-order valence-electron chi connectivity index (χ2n) is 13.0. The molecule has 0 atom stereocenters. The Hall–Kier alpha value is -6.49. The summed E-state index contributed by atoms with van der Waals surface area (Å²) >= 11 is 0. The largest absolute Gasteiger partial charge is 0.311 e. The molecule has 0 radical (unpaired) electrons. The highest BCUT2D eigenvalue weighted by atomic mass is 32.2. The second kappa shape index (κ2) is 14.6. The summed E-state index contributed by atoms with van der Waals surface area (Å²) in [5.41, 5.74) is 9.14. The van der Waals surface area contributed by atoms with Gasteiger partial charge < -0.3 is 4.90 Å². The van der Waals surface area contributed by atoms with Gasteiger partial charge in [-0.1, -0.05) is 164 Å². The van der Waals surface area contributed by atoms with E-state index in [0.29, 0.717) is 0 Å². The minimum Gasteiger partial charge on any atom is -0.311 e. The minimum atomic E-state index is -3.60. The first kappa shape index (κ1) is 33.6. The van der Waals surface area contributed by atoms with Crippen LogP contribution in [0.3, 0.4) is 0 Å². The van der Waals surface area contributed by atoms with Crippen molar-refractivity contribution in [2.24, 2.45) is 0 Å². The zero-order valence-electron chi connectivity index (χ0n) is 29.0. The number of benzene rings is 8. The Morgan fingerprint density at radius 1 is 0.302 bits per heavy atom. The van der Waals surface area contributed by atoms with Crippen molar-refractivity contribution in [3.8, 4) is 11.1 Å². The van der Waals surface area contributed by atoms with Crippen LogP contribution in [-0.4, -0.2) is 8.42 Å². The SMILES string of the molecule is O=S(=O)(c1ccccc1)c1ccc(-c2ccc(C(c3ccccc3)(c3ccccc3)c3ccc(N(c4ccccc4)c4ccccc4)cc3)cc2)cc1. The van der Waals surface area contributed by atoms with Crippen LogP contribution in [0.5, 0.6) is 0 Å². The van der Waals surface area contributed by atoms with Gasteiger partial charge in [-0.2, -0.15) is 0 Å². The van der Waals surface area contributed by atoms with E-state index >= 15 is 0 Å². The van der Waals surface area contributed by atoms with Crippen LogP contribution in [0.15, 0.2) is 234 Å². The number of nitrogens with zero attached hydrogens (tertiary/aromatic N) is 1. The minimum absolute atomic E-state index is 0.276. The van der Waals surface area contributed by atoms with Crippen LogP contribution in [0, 0.1) is 0 Å². The van der Waals surface area contributed by atoms with Crippen molar-refractivity contribution in [2.75, 3.05) is 4.90 Å². The molecule has 256 valence electrons. The monoisotopic (exact) mass is 703 g/mol. The van der Waals surface area contributed by atoms with Gasteiger partial charge in [0, 0.05) is 17.1 Å². The van der Waals surface area contributed by atoms with Crippen LogP contribution in [0.25, 0.3) is 11.1 Å². The molecule has 0 spiro atoms. The zero-order chi connectivity index (χ0) is 36.1. The van der Waals surface area contributed by atoms with Gasteiger partial charge in [-0.25, -0.2) is 8.42 Å². The van der Waals surface area contributed by atoms with Crippen LogP contribution in [0.2, 0.25) is 0 Å². The first-order valence-electron chi connectivity index (χ1n) is 17.7. The first-order chi connectivity index (χ1) is 26.0. The highest BCUT2D eigenvalue weighted by molar-refractivity contribution is 7.91. The van der Waals surface area contributed by atoms with Crippen LogP contribution >= 0.6 is 0 Å². The van der Waals surface area contributed by atoms with Crippen LogP contribution < -0.4 is 4.90 Å². The Balaban J connectivity index is 1.23. The van der Waals surface area contributed by atoms with Crippen LogP contribution in [0.1, 0.15) is 22.3 Å². The van der Waals surface area contributed by atoms with E-state index in [1.807, 2.05) is 30.3 Å². The normalized spacial score (nSPS) is 11.5. The molecule has 0 saturated heterocycles. The number of sulfone groups is 1. The topological polar surface area (TPSA) is 37.4 Å². The molecule has 0 aromatic heterocycles. The molecule has 0 N–H and O–H groups in total. The molecule has 8 aromatic rings. The van der Waals surface area contributed by atoms with E-state index in [9.17, 15) is 8.42 Å². The van der Waals surface area contributed by atoms with E-state index in [2.05, 4.69) is 163 Å². The van der Waals surface area contributed by atoms with Gasteiger partial charge in [0.1, 0.15) is 0 Å². The predicted molar refractivity (Wildman–Crippen MR) is 217 cm³/mol. The molecule has 0 aliphatic rings. The summed E-state index contributed by atoms with van der Waals surface area (Å²) in [5.74, 6) is 0. The summed E-state index contributed by atoms with van der Waals surface area (Å²) in [6, 6.07) is 75.6. The van der Waals surface area contributed by atoms with E-state index in [0.717, 1.165) is 50.4 Å². The zero-order valence-corrected chi connectivity index (χ0v) is 29.9. The molecule has 0 amide bonds. The Bertz CT molecular complexity index is 2430. The number of hydrogen-bond donors (Lipinski definition) is 0. The predicted octanol–water partition coefficient (Wildman–Crippen LogP) is 12.0. The molecular formula is C49H37NO2S. The molecule has 3 nitrogen and oxygen atoms in total. The van der Waals surface area contributed by atoms with E-state index in [1.165, 1.54) is 0 Å². The lowest BCUT2D eigenvalue weighted by Crippen LogP contribution is -2.31. The van der Waals surface area contributed by atoms with Gasteiger partial charge in [0.05, 0.1) is 15.2 Å². The van der Waals surface area contributed by atoms with Gasteiger partial charge in [0.25, 0.3) is 0 Å². The van der Waals surface area contributed by atoms with E-state index in [4.69, 9.17) is 0 Å². The number of anilines is 3. The quantitative estimate of drug-likeness (QED) is 0.133. The number of hydrogen-bond acceptors (Lipinski definition) is 3. The summed E-state index contributed by atoms with van der Waals surface area (Å²) in [7, 11) is -3.60. The highest BCUT2D eigenvalue weighted by Gasteiger charge is 2.38. The first-order valence-corrected chi connectivity index (χ1v) is 19.2. The van der Waals surface area contributed by atoms with Crippen molar-refractivity contribution in [1.29, 1.82) is 0 Å². The molecule has 4 heteroatoms. The Morgan fingerprint density at radius 2 is 0.604 bits per heavy atom. The molecule has 0 aliphatic heterocycles. The number of rotatable bonds is 10. The fourth-order valence-electron chi connectivity index (χ4n) is 7.31. The molecule has 0 fully saturated rings. The smallest absolute Gasteiger partial charge is 0.206 e. The summed E-state index contributed by atoms with van der Waals surface area (Å²) in [6.07, 6.45) is 0. The third kappa shape index (κ3) is 6.46. The summed E-state index contributed by atoms with van der Waals surface area (Å²) in [4.78, 5) is 2.84. The van der Waals surface area contributed by atoms with Crippen molar-refractivity contribution in [2.45, 2.75) is 15.2 Å².